The van der Waals surface area contributed by atoms with E-state index in [2.05, 4.69) is 0 Å². The molecule has 0 aromatic heterocycles. The number of aliphatic hydroxyl groups excluding tert-OH is 2. The number of hydrogen-bond acceptors (Lipinski definition) is 14. The summed E-state index contributed by atoms with van der Waals surface area (Å²) in [6.07, 6.45) is 11.7. The Morgan fingerprint density at radius 1 is 0.494 bits per heavy atom. The van der Waals surface area contributed by atoms with Crippen molar-refractivity contribution in [2.75, 3.05) is 0 Å². The molecule has 7 rings (SSSR count). The Balaban J connectivity index is 0.0000106. The van der Waals surface area contributed by atoms with Crippen LogP contribution in [0.5, 0.6) is 11.5 Å². The molecule has 4 bridgehead atoms. The van der Waals surface area contributed by atoms with E-state index < -0.39 is 71.3 Å². The van der Waals surface area contributed by atoms with Crippen LogP contribution in [0.3, 0.4) is 0 Å². The van der Waals surface area contributed by atoms with Gasteiger partial charge in [0.05, 0.1) is 71.9 Å². The molecule has 0 saturated carbocycles. The van der Waals surface area contributed by atoms with Gasteiger partial charge in [0.2, 0.25) is 0 Å². The number of rotatable bonds is 12. The van der Waals surface area contributed by atoms with Gasteiger partial charge in [0.15, 0.2) is 0 Å². The fourth-order valence-corrected chi connectivity index (χ4v) is 13.2. The number of ether oxygens (including phenoxy) is 6. The number of hydrogen-bond donors (Lipinski definition) is 6. The maximum Gasteiger partial charge on any atom is 2.00 e. The Morgan fingerprint density at radius 3 is 1.21 bits per heavy atom. The Labute approximate surface area is 491 Å². The largest absolute Gasteiger partial charge is 2.00 e. The zero-order chi connectivity index (χ0) is 57.7. The average molecular weight is 1180 g/mol. The summed E-state index contributed by atoms with van der Waals surface area (Å²) in [5.74, 6) is -3.90. The summed E-state index contributed by atoms with van der Waals surface area (Å²) in [6, 6.07) is 10.2. The molecule has 0 spiro atoms. The minimum atomic E-state index is -1.09. The van der Waals surface area contributed by atoms with Gasteiger partial charge in [-0.05, 0) is 217 Å². The first-order valence-corrected chi connectivity index (χ1v) is 30.6. The van der Waals surface area contributed by atoms with Crippen molar-refractivity contribution in [3.63, 3.8) is 0 Å². The van der Waals surface area contributed by atoms with E-state index in [1.165, 1.54) is 12.1 Å². The number of cyclic esters (lactones) is 2. The molecule has 16 nitrogen and oxygen atoms in total. The third kappa shape index (κ3) is 18.6. The zero-order valence-corrected chi connectivity index (χ0v) is 50.1. The van der Waals surface area contributed by atoms with Crippen molar-refractivity contribution in [3.05, 3.63) is 58.7 Å². The summed E-state index contributed by atoms with van der Waals surface area (Å²) in [5.41, 5.74) is -0.609. The number of carbonyl (C=O) groups is 4. The molecule has 4 fully saturated rings. The molecule has 14 atom stereocenters. The topological polar surface area (TPSA) is 245 Å². The van der Waals surface area contributed by atoms with Crippen LogP contribution in [0.1, 0.15) is 227 Å². The fourth-order valence-electron chi connectivity index (χ4n) is 13.2. The summed E-state index contributed by atoms with van der Waals surface area (Å²) in [4.78, 5) is 53.1. The van der Waals surface area contributed by atoms with Gasteiger partial charge in [0, 0.05) is 12.8 Å². The molecule has 455 valence electrons. The number of carbonyl (C=O) groups excluding carboxylic acids is 2. The predicted molar refractivity (Wildman–Crippen MR) is 301 cm³/mol. The van der Waals surface area contributed by atoms with Crippen molar-refractivity contribution < 1.29 is 95.0 Å². The van der Waals surface area contributed by atoms with E-state index in [4.69, 9.17) is 28.4 Å². The molecule has 81 heavy (non-hydrogen) atoms. The first kappa shape index (κ1) is 66.3. The number of carboxylic acid groups (broad SMARTS) is 2. The molecule has 0 unspecified atom stereocenters. The number of benzene rings is 2. The minimum absolute atomic E-state index is 0. The number of aryl methyl sites for hydroxylation is 2. The molecule has 4 saturated heterocycles. The van der Waals surface area contributed by atoms with Gasteiger partial charge >= 0.3 is 40.7 Å². The first-order chi connectivity index (χ1) is 38.1. The summed E-state index contributed by atoms with van der Waals surface area (Å²) in [5, 5.41) is 65.8. The number of fused-ring (bicyclic) bond motifs is 6. The van der Waals surface area contributed by atoms with Crippen molar-refractivity contribution in [1.29, 1.82) is 0 Å². The molecule has 2 aromatic rings. The first-order valence-electron chi connectivity index (χ1n) is 30.6. The molecule has 6 N–H and O–H groups in total. The van der Waals surface area contributed by atoms with Gasteiger partial charge in [0.1, 0.15) is 34.8 Å². The number of aliphatic carboxylic acids is 2. The van der Waals surface area contributed by atoms with E-state index >= 15 is 0 Å². The SMILES string of the molecule is C[C@H]1CC[C@@H]2CCC[C@H](CCCc3cccc(O)c3C(=O)O[C@H](C[C@@H](O)C[C@@H]3CCC[C@H](C(C)(C)C(=O)O)O3)[C@@H](C)CC[C@@H]3CCC[C@H](CCCc4cccc(O)c4C(=O)O[C@@H]1C[C@@H](O)C[C@@H]1CCC[C@H](C(C)(C)C(=O)O)O1)O3)O2.[Co+2]. The second kappa shape index (κ2) is 30.8. The standard InChI is InChI=1S/C64H96O16.Co/c1-39-31-33-47-23-11-21-45(75-47)19-8-16-42-18-10-28-52(68)58(42)60(70)80-54(38-44(66)36-50-26-14-30-56(78-50)64(5,6)62(73)74)40(2)32-34-48-24-12-22-46(76-48)20-7-15-41-17-9-27-51(67)57(41)59(69)79-53(39)37-43(65)35-49-25-13-29-55(77-49)63(3,4)61(71)72;/h9-10,17-18,27-28,39-40,43-50,53-56,65-68H,7-8,11-16,19-26,29-38H2,1-6H3,(H,71,72)(H,73,74);/q;+2/t39-,40-,43-,44-,45-,46-,47-,48-,49-,50-,53+,54+,55+,56+;/m0./s1. The number of phenols is 2. The van der Waals surface area contributed by atoms with Crippen LogP contribution in [0.25, 0.3) is 0 Å². The Hall–Kier alpha value is -3.81. The van der Waals surface area contributed by atoms with Crippen molar-refractivity contribution in [3.8, 4) is 11.5 Å². The molecular formula is C64H96CoO16+2. The van der Waals surface area contributed by atoms with Crippen LogP contribution in [0.15, 0.2) is 36.4 Å². The molecule has 5 aliphatic rings. The van der Waals surface area contributed by atoms with E-state index in [9.17, 15) is 49.8 Å². The van der Waals surface area contributed by atoms with E-state index in [0.29, 0.717) is 88.2 Å². The van der Waals surface area contributed by atoms with Crippen LogP contribution in [-0.2, 0) is 67.6 Å². The average Bonchev–Trinajstić information content (AvgIpc) is 3.42. The predicted octanol–water partition coefficient (Wildman–Crippen LogP) is 11.6. The Morgan fingerprint density at radius 2 is 0.840 bits per heavy atom. The van der Waals surface area contributed by atoms with Crippen molar-refractivity contribution in [1.82, 2.24) is 0 Å². The van der Waals surface area contributed by atoms with E-state index in [1.54, 1.807) is 39.8 Å². The number of aliphatic hydroxyl groups is 2. The minimum Gasteiger partial charge on any atom is -0.507 e. The number of phenolic OH excluding ortho intramolecular Hbond substituents is 2. The van der Waals surface area contributed by atoms with Crippen LogP contribution in [0.4, 0.5) is 0 Å². The maximum absolute atomic E-state index is 14.4. The summed E-state index contributed by atoms with van der Waals surface area (Å²) in [7, 11) is 0. The third-order valence-corrected chi connectivity index (χ3v) is 18.6. The summed E-state index contributed by atoms with van der Waals surface area (Å²) >= 11 is 0. The van der Waals surface area contributed by atoms with Gasteiger partial charge in [-0.3, -0.25) is 9.59 Å². The van der Waals surface area contributed by atoms with Crippen molar-refractivity contribution in [2.24, 2.45) is 22.7 Å². The van der Waals surface area contributed by atoms with Gasteiger partial charge < -0.3 is 59.1 Å². The monoisotopic (exact) mass is 1180 g/mol. The second-order valence-corrected chi connectivity index (χ2v) is 25.7. The summed E-state index contributed by atoms with van der Waals surface area (Å²) < 4.78 is 38.9. The number of aromatic hydroxyl groups is 2. The fraction of sp³-hybridized carbons (Fsp3) is 0.750. The smallest absolute Gasteiger partial charge is 0.507 e. The van der Waals surface area contributed by atoms with Crippen LogP contribution < -0.4 is 0 Å². The van der Waals surface area contributed by atoms with E-state index in [0.717, 1.165) is 64.2 Å². The molecule has 17 heteroatoms. The van der Waals surface area contributed by atoms with Crippen LogP contribution in [-0.4, -0.2) is 128 Å². The molecule has 0 aliphatic carbocycles. The van der Waals surface area contributed by atoms with Gasteiger partial charge in [-0.2, -0.15) is 0 Å². The van der Waals surface area contributed by atoms with Gasteiger partial charge in [0.25, 0.3) is 0 Å². The number of esters is 2. The zero-order valence-electron chi connectivity index (χ0n) is 49.0. The third-order valence-electron chi connectivity index (χ3n) is 18.6. The normalized spacial score (nSPS) is 31.0. The van der Waals surface area contributed by atoms with E-state index in [1.807, 2.05) is 26.0 Å². The molecule has 1 radical (unpaired) electrons. The Kier molecular flexibility index (Phi) is 25.2. The van der Waals surface area contributed by atoms with Crippen LogP contribution in [0.2, 0.25) is 0 Å². The van der Waals surface area contributed by atoms with Crippen molar-refractivity contribution in [2.45, 2.75) is 282 Å². The quantitative estimate of drug-likeness (QED) is 0.108. The van der Waals surface area contributed by atoms with Gasteiger partial charge in [-0.25, -0.2) is 9.59 Å². The maximum atomic E-state index is 14.4. The molecule has 5 heterocycles. The van der Waals surface area contributed by atoms with Crippen LogP contribution >= 0.6 is 0 Å². The second-order valence-electron chi connectivity index (χ2n) is 25.7. The number of carboxylic acids is 2. The van der Waals surface area contributed by atoms with E-state index in [-0.39, 0.29) is 114 Å². The van der Waals surface area contributed by atoms with Gasteiger partial charge in [-0.15, -0.1) is 0 Å². The molecule has 2 aromatic carbocycles. The van der Waals surface area contributed by atoms with Crippen molar-refractivity contribution >= 4 is 23.9 Å². The summed E-state index contributed by atoms with van der Waals surface area (Å²) in [6.45, 7) is 10.7. The van der Waals surface area contributed by atoms with Gasteiger partial charge in [-0.1, -0.05) is 38.1 Å². The molecule has 0 amide bonds. The Bertz CT molecular complexity index is 2180. The van der Waals surface area contributed by atoms with Crippen LogP contribution in [0, 0.1) is 22.7 Å². The molecular weight excluding hydrogens is 1080 g/mol. The molecule has 5 aliphatic heterocycles.